The number of nitrogens with zero attached hydrogens (tertiary/aromatic N) is 1. The smallest absolute Gasteiger partial charge is 0.401 e. The molecule has 2 atom stereocenters. The van der Waals surface area contributed by atoms with E-state index >= 15 is 0 Å². The number of carboxylic acids is 1. The molecule has 0 saturated heterocycles. The molecule has 17 heavy (non-hydrogen) atoms. The summed E-state index contributed by atoms with van der Waals surface area (Å²) in [6.45, 7) is -1.03. The summed E-state index contributed by atoms with van der Waals surface area (Å²) in [4.78, 5) is 12.1. The second kappa shape index (κ2) is 4.81. The van der Waals surface area contributed by atoms with Crippen LogP contribution in [0.15, 0.2) is 0 Å². The van der Waals surface area contributed by atoms with E-state index in [4.69, 9.17) is 10.8 Å². The first-order valence-corrected chi connectivity index (χ1v) is 5.43. The van der Waals surface area contributed by atoms with Crippen LogP contribution < -0.4 is 5.73 Å². The van der Waals surface area contributed by atoms with Crippen LogP contribution in [0.1, 0.15) is 25.7 Å². The van der Waals surface area contributed by atoms with Gasteiger partial charge < -0.3 is 10.8 Å². The van der Waals surface area contributed by atoms with Crippen LogP contribution in [0, 0.1) is 0 Å². The second-order valence-electron chi connectivity index (χ2n) is 4.74. The largest absolute Gasteiger partial charge is 0.480 e. The standard InChI is InChI=1S/C10H17F3N2O2/c1-15(6-10(11,12)13)7-3-2-4-9(14,5-7)8(16)17/h7H,2-6,14H2,1H3,(H,16,17). The number of hydrogen-bond acceptors (Lipinski definition) is 3. The van der Waals surface area contributed by atoms with Crippen molar-refractivity contribution in [2.75, 3.05) is 13.6 Å². The molecule has 0 aromatic rings. The third-order valence-corrected chi connectivity index (χ3v) is 3.24. The number of carbonyl (C=O) groups is 1. The van der Waals surface area contributed by atoms with Gasteiger partial charge in [-0.1, -0.05) is 0 Å². The van der Waals surface area contributed by atoms with E-state index in [1.165, 1.54) is 7.05 Å². The molecular formula is C10H17F3N2O2. The molecule has 1 aliphatic carbocycles. The third-order valence-electron chi connectivity index (χ3n) is 3.24. The zero-order chi connectivity index (χ0) is 13.3. The summed E-state index contributed by atoms with van der Waals surface area (Å²) in [7, 11) is 1.35. The molecule has 0 bridgehead atoms. The molecular weight excluding hydrogens is 237 g/mol. The molecule has 2 unspecified atom stereocenters. The van der Waals surface area contributed by atoms with Crippen molar-refractivity contribution in [3.8, 4) is 0 Å². The predicted molar refractivity (Wildman–Crippen MR) is 55.5 cm³/mol. The van der Waals surface area contributed by atoms with E-state index in [-0.39, 0.29) is 6.42 Å². The van der Waals surface area contributed by atoms with Crippen molar-refractivity contribution in [3.63, 3.8) is 0 Å². The molecule has 1 saturated carbocycles. The zero-order valence-electron chi connectivity index (χ0n) is 9.63. The van der Waals surface area contributed by atoms with Gasteiger partial charge in [-0.2, -0.15) is 13.2 Å². The Morgan fingerprint density at radius 3 is 2.65 bits per heavy atom. The molecule has 0 aromatic carbocycles. The Bertz CT molecular complexity index is 296. The highest BCUT2D eigenvalue weighted by molar-refractivity contribution is 5.78. The zero-order valence-corrected chi connectivity index (χ0v) is 9.63. The lowest BCUT2D eigenvalue weighted by molar-refractivity contribution is -0.153. The highest BCUT2D eigenvalue weighted by atomic mass is 19.4. The van der Waals surface area contributed by atoms with Gasteiger partial charge in [-0.25, -0.2) is 0 Å². The van der Waals surface area contributed by atoms with Crippen LogP contribution in [0.3, 0.4) is 0 Å². The van der Waals surface area contributed by atoms with Gasteiger partial charge in [0.15, 0.2) is 0 Å². The number of aliphatic carboxylic acids is 1. The summed E-state index contributed by atoms with van der Waals surface area (Å²) in [5.74, 6) is -1.14. The van der Waals surface area contributed by atoms with Gasteiger partial charge in [0, 0.05) is 6.04 Å². The molecule has 0 aromatic heterocycles. The molecule has 0 spiro atoms. The summed E-state index contributed by atoms with van der Waals surface area (Å²) in [6, 6.07) is -0.425. The molecule has 1 aliphatic rings. The second-order valence-corrected chi connectivity index (χ2v) is 4.74. The average Bonchev–Trinajstić information content (AvgIpc) is 2.15. The Hall–Kier alpha value is -0.820. The van der Waals surface area contributed by atoms with Crippen LogP contribution in [0.4, 0.5) is 13.2 Å². The van der Waals surface area contributed by atoms with Crippen molar-refractivity contribution >= 4 is 5.97 Å². The molecule has 1 fully saturated rings. The molecule has 1 rings (SSSR count). The van der Waals surface area contributed by atoms with Gasteiger partial charge in [-0.3, -0.25) is 9.69 Å². The fourth-order valence-electron chi connectivity index (χ4n) is 2.26. The minimum Gasteiger partial charge on any atom is -0.480 e. The van der Waals surface area contributed by atoms with Crippen LogP contribution in [0.2, 0.25) is 0 Å². The Morgan fingerprint density at radius 2 is 2.18 bits per heavy atom. The lowest BCUT2D eigenvalue weighted by Gasteiger charge is -2.39. The summed E-state index contributed by atoms with van der Waals surface area (Å²) < 4.78 is 36.7. The number of rotatable bonds is 3. The molecule has 3 N–H and O–H groups in total. The molecule has 0 radical (unpaired) electrons. The van der Waals surface area contributed by atoms with Crippen LogP contribution >= 0.6 is 0 Å². The molecule has 0 heterocycles. The van der Waals surface area contributed by atoms with Gasteiger partial charge in [0.05, 0.1) is 6.54 Å². The van der Waals surface area contributed by atoms with E-state index in [1.54, 1.807) is 0 Å². The molecule has 7 heteroatoms. The lowest BCUT2D eigenvalue weighted by Crippen LogP contribution is -2.56. The van der Waals surface area contributed by atoms with E-state index in [1.807, 2.05) is 0 Å². The Balaban J connectivity index is 2.64. The highest BCUT2D eigenvalue weighted by Gasteiger charge is 2.42. The minimum atomic E-state index is -4.27. The van der Waals surface area contributed by atoms with E-state index in [0.717, 1.165) is 4.90 Å². The summed E-state index contributed by atoms with van der Waals surface area (Å²) in [5.41, 5.74) is 4.30. The first kappa shape index (κ1) is 14.2. The van der Waals surface area contributed by atoms with Crippen LogP contribution in [0.25, 0.3) is 0 Å². The van der Waals surface area contributed by atoms with Gasteiger partial charge in [-0.15, -0.1) is 0 Å². The van der Waals surface area contributed by atoms with E-state index < -0.39 is 30.3 Å². The predicted octanol–water partition coefficient (Wildman–Crippen LogP) is 1.21. The molecule has 0 aliphatic heterocycles. The SMILES string of the molecule is CN(CC(F)(F)F)C1CCCC(N)(C(=O)O)C1. The third kappa shape index (κ3) is 3.85. The van der Waals surface area contributed by atoms with Crippen molar-refractivity contribution in [1.82, 2.24) is 4.90 Å². The molecule has 0 amide bonds. The monoisotopic (exact) mass is 254 g/mol. The van der Waals surface area contributed by atoms with Gasteiger partial charge in [-0.05, 0) is 32.7 Å². The maximum atomic E-state index is 12.2. The quantitative estimate of drug-likeness (QED) is 0.794. The van der Waals surface area contributed by atoms with Crippen molar-refractivity contribution in [2.24, 2.45) is 5.73 Å². The highest BCUT2D eigenvalue weighted by Crippen LogP contribution is 2.30. The first-order chi connectivity index (χ1) is 7.64. The Morgan fingerprint density at radius 1 is 1.59 bits per heavy atom. The number of halogens is 3. The van der Waals surface area contributed by atoms with Crippen LogP contribution in [-0.2, 0) is 4.79 Å². The summed E-state index contributed by atoms with van der Waals surface area (Å²) >= 11 is 0. The van der Waals surface area contributed by atoms with Gasteiger partial charge in [0.2, 0.25) is 0 Å². The Labute approximate surface area is 97.6 Å². The minimum absolute atomic E-state index is 0.0644. The summed E-state index contributed by atoms with van der Waals surface area (Å²) in [6.07, 6.45) is -2.80. The van der Waals surface area contributed by atoms with E-state index in [9.17, 15) is 18.0 Å². The van der Waals surface area contributed by atoms with Crippen molar-refractivity contribution < 1.29 is 23.1 Å². The van der Waals surface area contributed by atoms with Crippen molar-refractivity contribution in [2.45, 2.75) is 43.4 Å². The Kier molecular flexibility index (Phi) is 4.03. The first-order valence-electron chi connectivity index (χ1n) is 5.43. The van der Waals surface area contributed by atoms with Gasteiger partial charge in [0.1, 0.15) is 5.54 Å². The fraction of sp³-hybridized carbons (Fsp3) is 0.900. The van der Waals surface area contributed by atoms with Crippen molar-refractivity contribution in [1.29, 1.82) is 0 Å². The maximum Gasteiger partial charge on any atom is 0.401 e. The van der Waals surface area contributed by atoms with Gasteiger partial charge >= 0.3 is 12.1 Å². The number of carboxylic acid groups (broad SMARTS) is 1. The van der Waals surface area contributed by atoms with Gasteiger partial charge in [0.25, 0.3) is 0 Å². The lowest BCUT2D eigenvalue weighted by atomic mass is 9.79. The van der Waals surface area contributed by atoms with E-state index in [0.29, 0.717) is 19.3 Å². The number of hydrogen-bond donors (Lipinski definition) is 2. The van der Waals surface area contributed by atoms with E-state index in [2.05, 4.69) is 0 Å². The van der Waals surface area contributed by atoms with Crippen LogP contribution in [0.5, 0.6) is 0 Å². The number of nitrogens with two attached hydrogens (primary N) is 1. The van der Waals surface area contributed by atoms with Crippen LogP contribution in [-0.4, -0.2) is 47.3 Å². The fourth-order valence-corrected chi connectivity index (χ4v) is 2.26. The van der Waals surface area contributed by atoms with Crippen molar-refractivity contribution in [3.05, 3.63) is 0 Å². The normalized spacial score (nSPS) is 30.6. The molecule has 4 nitrogen and oxygen atoms in total. The average molecular weight is 254 g/mol. The number of alkyl halides is 3. The molecule has 100 valence electrons. The topological polar surface area (TPSA) is 66.6 Å². The maximum absolute atomic E-state index is 12.2. The summed E-state index contributed by atoms with van der Waals surface area (Å²) in [5, 5.41) is 8.96.